The van der Waals surface area contributed by atoms with E-state index in [0.29, 0.717) is 5.69 Å². The number of hydrogen-bond donors (Lipinski definition) is 2. The van der Waals surface area contributed by atoms with E-state index in [4.69, 9.17) is 0 Å². The van der Waals surface area contributed by atoms with Gasteiger partial charge >= 0.3 is 0 Å². The minimum atomic E-state index is 0.597. The minimum Gasteiger partial charge on any atom is -0.352 e. The molecule has 0 aliphatic carbocycles. The fourth-order valence-electron chi connectivity index (χ4n) is 1.80. The highest BCUT2D eigenvalue weighted by molar-refractivity contribution is 5.90. The van der Waals surface area contributed by atoms with Crippen LogP contribution in [0.2, 0.25) is 0 Å². The molecule has 16 heavy (non-hydrogen) atoms. The van der Waals surface area contributed by atoms with E-state index >= 15 is 0 Å². The number of nitrogens with zero attached hydrogens (tertiary/aromatic N) is 1. The predicted molar refractivity (Wildman–Crippen MR) is 61.3 cm³/mol. The molecule has 1 aromatic carbocycles. The van der Waals surface area contributed by atoms with Crippen LogP contribution in [0.15, 0.2) is 36.7 Å². The van der Waals surface area contributed by atoms with Gasteiger partial charge in [0, 0.05) is 22.7 Å². The Kier molecular flexibility index (Phi) is 1.86. The number of aldehydes is 1. The molecule has 0 aliphatic rings. The lowest BCUT2D eigenvalue weighted by molar-refractivity contribution is 0.112. The molecule has 3 aromatic rings. The highest BCUT2D eigenvalue weighted by Crippen LogP contribution is 2.23. The molecule has 0 spiro atoms. The number of aromatic nitrogens is 3. The van der Waals surface area contributed by atoms with Gasteiger partial charge in [0.15, 0.2) is 6.29 Å². The Morgan fingerprint density at radius 2 is 2.12 bits per heavy atom. The molecular weight excluding hydrogens is 202 g/mol. The monoisotopic (exact) mass is 211 g/mol. The van der Waals surface area contributed by atoms with Crippen molar-refractivity contribution in [1.82, 2.24) is 15.2 Å². The van der Waals surface area contributed by atoms with Crippen molar-refractivity contribution >= 4 is 17.2 Å². The number of H-pyrrole nitrogens is 2. The topological polar surface area (TPSA) is 61.5 Å². The van der Waals surface area contributed by atoms with Crippen molar-refractivity contribution in [2.45, 2.75) is 0 Å². The number of fused-ring (bicyclic) bond motifs is 1. The second-order valence-electron chi connectivity index (χ2n) is 3.63. The number of nitrogens with one attached hydrogen (secondary N) is 2. The van der Waals surface area contributed by atoms with E-state index in [1.165, 1.54) is 0 Å². The summed E-state index contributed by atoms with van der Waals surface area (Å²) in [6, 6.07) is 7.84. The lowest BCUT2D eigenvalue weighted by atomic mass is 10.1. The number of rotatable bonds is 2. The second kappa shape index (κ2) is 3.34. The van der Waals surface area contributed by atoms with Crippen molar-refractivity contribution in [2.24, 2.45) is 0 Å². The zero-order valence-corrected chi connectivity index (χ0v) is 8.40. The second-order valence-corrected chi connectivity index (χ2v) is 3.63. The van der Waals surface area contributed by atoms with E-state index in [9.17, 15) is 4.79 Å². The SMILES string of the molecule is O=Cc1cc2ccc(-c3cn[nH]c3)cc2[nH]1. The van der Waals surface area contributed by atoms with Gasteiger partial charge in [-0.15, -0.1) is 0 Å². The van der Waals surface area contributed by atoms with E-state index in [1.54, 1.807) is 6.20 Å². The first-order valence-electron chi connectivity index (χ1n) is 4.94. The molecule has 2 heterocycles. The minimum absolute atomic E-state index is 0.597. The molecule has 0 bridgehead atoms. The number of hydrogen-bond acceptors (Lipinski definition) is 2. The van der Waals surface area contributed by atoms with Crippen LogP contribution in [-0.4, -0.2) is 21.5 Å². The Morgan fingerprint density at radius 1 is 1.19 bits per heavy atom. The molecule has 0 saturated heterocycles. The van der Waals surface area contributed by atoms with Gasteiger partial charge in [0.25, 0.3) is 0 Å². The summed E-state index contributed by atoms with van der Waals surface area (Å²) in [4.78, 5) is 13.7. The van der Waals surface area contributed by atoms with Crippen molar-refractivity contribution < 1.29 is 4.79 Å². The van der Waals surface area contributed by atoms with E-state index in [1.807, 2.05) is 30.5 Å². The third-order valence-electron chi connectivity index (χ3n) is 2.60. The summed E-state index contributed by atoms with van der Waals surface area (Å²) in [5.41, 5.74) is 3.66. The average molecular weight is 211 g/mol. The van der Waals surface area contributed by atoms with Gasteiger partial charge in [-0.05, 0) is 17.7 Å². The Hall–Kier alpha value is -2.36. The van der Waals surface area contributed by atoms with Gasteiger partial charge in [0.2, 0.25) is 0 Å². The third-order valence-corrected chi connectivity index (χ3v) is 2.60. The molecule has 0 radical (unpaired) electrons. The van der Waals surface area contributed by atoms with Crippen LogP contribution in [0.4, 0.5) is 0 Å². The molecule has 0 aliphatic heterocycles. The molecule has 0 unspecified atom stereocenters. The molecule has 0 atom stereocenters. The fourth-order valence-corrected chi connectivity index (χ4v) is 1.80. The van der Waals surface area contributed by atoms with Gasteiger partial charge in [-0.1, -0.05) is 12.1 Å². The molecule has 78 valence electrons. The molecule has 4 heteroatoms. The van der Waals surface area contributed by atoms with Crippen LogP contribution in [0.5, 0.6) is 0 Å². The van der Waals surface area contributed by atoms with Crippen LogP contribution in [0.25, 0.3) is 22.0 Å². The summed E-state index contributed by atoms with van der Waals surface area (Å²) in [6.45, 7) is 0. The Morgan fingerprint density at radius 3 is 2.88 bits per heavy atom. The van der Waals surface area contributed by atoms with E-state index in [2.05, 4.69) is 15.2 Å². The lowest BCUT2D eigenvalue weighted by Crippen LogP contribution is -1.76. The first kappa shape index (κ1) is 8.91. The van der Waals surface area contributed by atoms with Crippen LogP contribution in [0, 0.1) is 0 Å². The summed E-state index contributed by atoms with van der Waals surface area (Å²) in [5.74, 6) is 0. The van der Waals surface area contributed by atoms with E-state index < -0.39 is 0 Å². The van der Waals surface area contributed by atoms with Crippen LogP contribution in [0.3, 0.4) is 0 Å². The van der Waals surface area contributed by atoms with Gasteiger partial charge in [-0.25, -0.2) is 0 Å². The molecule has 0 amide bonds. The first-order chi connectivity index (χ1) is 7.86. The number of benzene rings is 1. The van der Waals surface area contributed by atoms with Gasteiger partial charge < -0.3 is 4.98 Å². The van der Waals surface area contributed by atoms with Crippen LogP contribution in [-0.2, 0) is 0 Å². The van der Waals surface area contributed by atoms with Crippen molar-refractivity contribution in [3.05, 3.63) is 42.4 Å². The van der Waals surface area contributed by atoms with Gasteiger partial charge in [0.1, 0.15) is 0 Å². The van der Waals surface area contributed by atoms with Crippen molar-refractivity contribution in [3.8, 4) is 11.1 Å². The van der Waals surface area contributed by atoms with E-state index in [0.717, 1.165) is 28.3 Å². The largest absolute Gasteiger partial charge is 0.352 e. The fraction of sp³-hybridized carbons (Fsp3) is 0. The normalized spacial score (nSPS) is 10.8. The summed E-state index contributed by atoms with van der Waals surface area (Å²) >= 11 is 0. The summed E-state index contributed by atoms with van der Waals surface area (Å²) in [6.07, 6.45) is 4.42. The van der Waals surface area contributed by atoms with Gasteiger partial charge in [0.05, 0.1) is 11.9 Å². The van der Waals surface area contributed by atoms with Gasteiger partial charge in [-0.3, -0.25) is 9.89 Å². The van der Waals surface area contributed by atoms with Crippen molar-refractivity contribution in [3.63, 3.8) is 0 Å². The molecule has 2 N–H and O–H groups in total. The quantitative estimate of drug-likeness (QED) is 0.639. The van der Waals surface area contributed by atoms with Crippen molar-refractivity contribution in [1.29, 1.82) is 0 Å². The highest BCUT2D eigenvalue weighted by atomic mass is 16.1. The summed E-state index contributed by atoms with van der Waals surface area (Å²) < 4.78 is 0. The third kappa shape index (κ3) is 1.32. The molecule has 3 rings (SSSR count). The maximum Gasteiger partial charge on any atom is 0.166 e. The molecule has 4 nitrogen and oxygen atoms in total. The Bertz CT molecular complexity index is 637. The lowest BCUT2D eigenvalue weighted by Gasteiger charge is -1.96. The molecule has 0 fully saturated rings. The van der Waals surface area contributed by atoms with Gasteiger partial charge in [-0.2, -0.15) is 5.10 Å². The Balaban J connectivity index is 2.19. The zero-order valence-electron chi connectivity index (χ0n) is 8.40. The molecular formula is C12H9N3O. The standard InChI is InChI=1S/C12H9N3O/c16-7-11-3-9-2-1-8(4-12(9)15-11)10-5-13-14-6-10/h1-7,15H,(H,13,14). The van der Waals surface area contributed by atoms with Crippen LogP contribution >= 0.6 is 0 Å². The predicted octanol–water partition coefficient (Wildman–Crippen LogP) is 2.37. The number of aromatic amines is 2. The summed E-state index contributed by atoms with van der Waals surface area (Å²) in [5, 5.41) is 7.72. The molecule has 0 saturated carbocycles. The maximum atomic E-state index is 10.6. The number of carbonyl (C=O) groups is 1. The Labute approximate surface area is 91.3 Å². The van der Waals surface area contributed by atoms with Crippen molar-refractivity contribution in [2.75, 3.05) is 0 Å². The zero-order chi connectivity index (χ0) is 11.0. The molecule has 2 aromatic heterocycles. The first-order valence-corrected chi connectivity index (χ1v) is 4.94. The van der Waals surface area contributed by atoms with E-state index in [-0.39, 0.29) is 0 Å². The van der Waals surface area contributed by atoms with Crippen LogP contribution in [0.1, 0.15) is 10.5 Å². The van der Waals surface area contributed by atoms with Crippen LogP contribution < -0.4 is 0 Å². The summed E-state index contributed by atoms with van der Waals surface area (Å²) in [7, 11) is 0. The smallest absolute Gasteiger partial charge is 0.166 e. The number of carbonyl (C=O) groups excluding carboxylic acids is 1. The average Bonchev–Trinajstić information content (AvgIpc) is 2.96. The highest BCUT2D eigenvalue weighted by Gasteiger charge is 2.03. The maximum absolute atomic E-state index is 10.6.